The Hall–Kier alpha value is -1.08. The van der Waals surface area contributed by atoms with Crippen molar-refractivity contribution in [2.24, 2.45) is 16.7 Å². The molecule has 4 rings (SSSR count). The number of ether oxygens (including phenoxy) is 1. The van der Waals surface area contributed by atoms with Crippen molar-refractivity contribution in [1.82, 2.24) is 5.32 Å². The summed E-state index contributed by atoms with van der Waals surface area (Å²) in [5, 5.41) is 12.9. The lowest BCUT2D eigenvalue weighted by Gasteiger charge is -2.34. The average molecular weight is 288 g/mol. The third-order valence-corrected chi connectivity index (χ3v) is 6.62. The summed E-state index contributed by atoms with van der Waals surface area (Å²) >= 11 is 0. The molecule has 1 heterocycles. The van der Waals surface area contributed by atoms with Crippen LogP contribution in [0.4, 0.5) is 0 Å². The van der Waals surface area contributed by atoms with E-state index in [1.165, 1.54) is 12.8 Å². The minimum absolute atomic E-state index is 0.0180. The van der Waals surface area contributed by atoms with Crippen molar-refractivity contribution in [3.63, 3.8) is 0 Å². The fraction of sp³-hybridized carbons (Fsp3) is 0.882. The predicted octanol–water partition coefficient (Wildman–Crippen LogP) is 2.53. The Kier molecular flexibility index (Phi) is 3.04. The molecule has 0 bridgehead atoms. The van der Waals surface area contributed by atoms with Gasteiger partial charge in [0.2, 0.25) is 5.91 Å². The lowest BCUT2D eigenvalue weighted by atomic mass is 9.81. The van der Waals surface area contributed by atoms with Gasteiger partial charge in [0.15, 0.2) is 0 Å². The van der Waals surface area contributed by atoms with E-state index in [-0.39, 0.29) is 17.4 Å². The molecular formula is C17H24N2O2. The first-order valence-corrected chi connectivity index (χ1v) is 8.55. The van der Waals surface area contributed by atoms with Crippen molar-refractivity contribution in [2.75, 3.05) is 6.61 Å². The summed E-state index contributed by atoms with van der Waals surface area (Å²) in [5.74, 6) is 0.487. The molecule has 0 aromatic rings. The third-order valence-electron chi connectivity index (χ3n) is 6.62. The normalized spacial score (nSPS) is 43.3. The minimum Gasteiger partial charge on any atom is -0.378 e. The number of hydrogen-bond acceptors (Lipinski definition) is 3. The summed E-state index contributed by atoms with van der Waals surface area (Å²) in [6.45, 7) is 0.828. The predicted molar refractivity (Wildman–Crippen MR) is 77.2 cm³/mol. The summed E-state index contributed by atoms with van der Waals surface area (Å²) in [6.07, 6.45) is 9.96. The first-order chi connectivity index (χ1) is 10.2. The fourth-order valence-corrected chi connectivity index (χ4v) is 5.30. The van der Waals surface area contributed by atoms with Crippen LogP contribution in [-0.2, 0) is 9.53 Å². The van der Waals surface area contributed by atoms with Crippen molar-refractivity contribution < 1.29 is 9.53 Å². The molecule has 1 aliphatic heterocycles. The van der Waals surface area contributed by atoms with E-state index in [0.717, 1.165) is 51.6 Å². The van der Waals surface area contributed by atoms with Crippen molar-refractivity contribution in [2.45, 2.75) is 69.9 Å². The van der Waals surface area contributed by atoms with Crippen LogP contribution in [-0.4, -0.2) is 24.7 Å². The van der Waals surface area contributed by atoms with Gasteiger partial charge in [-0.1, -0.05) is 12.8 Å². The molecule has 1 amide bonds. The highest BCUT2D eigenvalue weighted by Crippen LogP contribution is 2.71. The molecule has 3 aliphatic carbocycles. The van der Waals surface area contributed by atoms with Crippen LogP contribution in [0.25, 0.3) is 0 Å². The monoisotopic (exact) mass is 288 g/mol. The molecule has 4 heteroatoms. The first kappa shape index (κ1) is 13.6. The Morgan fingerprint density at radius 3 is 2.76 bits per heavy atom. The number of hydrogen-bond donors (Lipinski definition) is 1. The Balaban J connectivity index is 1.47. The van der Waals surface area contributed by atoms with E-state index in [4.69, 9.17) is 4.74 Å². The molecule has 0 aromatic carbocycles. The number of nitrogens with zero attached hydrogens (tertiary/aromatic N) is 1. The van der Waals surface area contributed by atoms with Crippen LogP contribution >= 0.6 is 0 Å². The molecule has 4 atom stereocenters. The molecule has 0 aromatic heterocycles. The minimum atomic E-state index is -0.712. The van der Waals surface area contributed by atoms with Gasteiger partial charge in [-0.05, 0) is 44.9 Å². The van der Waals surface area contributed by atoms with Gasteiger partial charge in [-0.2, -0.15) is 5.26 Å². The third kappa shape index (κ3) is 1.86. The van der Waals surface area contributed by atoms with E-state index in [1.807, 2.05) is 0 Å². The second-order valence-electron chi connectivity index (χ2n) is 7.55. The smallest absolute Gasteiger partial charge is 0.241 e. The highest BCUT2D eigenvalue weighted by molar-refractivity contribution is 5.90. The standard InChI is InChI=1S/C17H24N2O2/c18-11-17(10-16(17)7-1-2-8-16)15(20)19-13-4-3-5-14-12(13)6-9-21-14/h12-14H,1-10H2,(H,19,20)/t12-,13-,14+,17+/m1/s1. The summed E-state index contributed by atoms with van der Waals surface area (Å²) in [6, 6.07) is 2.62. The van der Waals surface area contributed by atoms with Gasteiger partial charge in [0.05, 0.1) is 12.2 Å². The zero-order chi connectivity index (χ0) is 14.5. The van der Waals surface area contributed by atoms with E-state index < -0.39 is 5.41 Å². The maximum Gasteiger partial charge on any atom is 0.241 e. The van der Waals surface area contributed by atoms with Gasteiger partial charge in [-0.15, -0.1) is 0 Å². The lowest BCUT2D eigenvalue weighted by Crippen LogP contribution is -2.48. The molecule has 0 unspecified atom stereocenters. The van der Waals surface area contributed by atoms with Gasteiger partial charge in [-0.25, -0.2) is 0 Å². The topological polar surface area (TPSA) is 62.1 Å². The van der Waals surface area contributed by atoms with E-state index in [0.29, 0.717) is 12.0 Å². The quantitative estimate of drug-likeness (QED) is 0.849. The fourth-order valence-electron chi connectivity index (χ4n) is 5.30. The van der Waals surface area contributed by atoms with Gasteiger partial charge < -0.3 is 10.1 Å². The maximum absolute atomic E-state index is 12.8. The Bertz CT molecular complexity index is 492. The number of carbonyl (C=O) groups excluding carboxylic acids is 1. The molecule has 3 saturated carbocycles. The molecule has 21 heavy (non-hydrogen) atoms. The first-order valence-electron chi connectivity index (χ1n) is 8.55. The van der Waals surface area contributed by atoms with Crippen molar-refractivity contribution in [3.8, 4) is 6.07 Å². The number of nitriles is 1. The number of fused-ring (bicyclic) bond motifs is 1. The molecular weight excluding hydrogens is 264 g/mol. The molecule has 1 saturated heterocycles. The second-order valence-corrected chi connectivity index (χ2v) is 7.55. The van der Waals surface area contributed by atoms with Crippen LogP contribution in [0, 0.1) is 28.1 Å². The largest absolute Gasteiger partial charge is 0.378 e. The molecule has 4 nitrogen and oxygen atoms in total. The van der Waals surface area contributed by atoms with Crippen LogP contribution in [0.2, 0.25) is 0 Å². The van der Waals surface area contributed by atoms with Gasteiger partial charge in [0.25, 0.3) is 0 Å². The summed E-state index contributed by atoms with van der Waals surface area (Å²) in [4.78, 5) is 12.8. The van der Waals surface area contributed by atoms with Crippen LogP contribution in [0.1, 0.15) is 57.8 Å². The van der Waals surface area contributed by atoms with Crippen LogP contribution < -0.4 is 5.32 Å². The molecule has 4 aliphatic rings. The second kappa shape index (κ2) is 4.71. The van der Waals surface area contributed by atoms with Gasteiger partial charge >= 0.3 is 0 Å². The molecule has 4 fully saturated rings. The Morgan fingerprint density at radius 1 is 1.19 bits per heavy atom. The number of amides is 1. The van der Waals surface area contributed by atoms with Crippen LogP contribution in [0.3, 0.4) is 0 Å². The van der Waals surface area contributed by atoms with Gasteiger partial charge in [0, 0.05) is 24.0 Å². The van der Waals surface area contributed by atoms with Crippen LogP contribution in [0.5, 0.6) is 0 Å². The van der Waals surface area contributed by atoms with E-state index >= 15 is 0 Å². The van der Waals surface area contributed by atoms with Crippen molar-refractivity contribution >= 4 is 5.91 Å². The molecule has 1 spiro atoms. The SMILES string of the molecule is N#C[C@]1(C(=O)N[C@@H]2CCC[C@@H]3OCC[C@@H]32)CC12CCCC2. The van der Waals surface area contributed by atoms with E-state index in [9.17, 15) is 10.1 Å². The molecule has 1 N–H and O–H groups in total. The average Bonchev–Trinajstić information content (AvgIpc) is 2.87. The maximum atomic E-state index is 12.8. The Labute approximate surface area is 126 Å². The van der Waals surface area contributed by atoms with Crippen LogP contribution in [0.15, 0.2) is 0 Å². The van der Waals surface area contributed by atoms with Crippen molar-refractivity contribution in [3.05, 3.63) is 0 Å². The highest BCUT2D eigenvalue weighted by Gasteiger charge is 2.73. The zero-order valence-corrected chi connectivity index (χ0v) is 12.6. The zero-order valence-electron chi connectivity index (χ0n) is 12.6. The molecule has 0 radical (unpaired) electrons. The summed E-state index contributed by atoms with van der Waals surface area (Å²) in [5.41, 5.74) is -0.692. The molecule has 114 valence electrons. The summed E-state index contributed by atoms with van der Waals surface area (Å²) < 4.78 is 5.77. The van der Waals surface area contributed by atoms with Gasteiger partial charge in [-0.3, -0.25) is 4.79 Å². The number of nitrogens with one attached hydrogen (secondary N) is 1. The van der Waals surface area contributed by atoms with Crippen molar-refractivity contribution in [1.29, 1.82) is 5.26 Å². The van der Waals surface area contributed by atoms with Gasteiger partial charge in [0.1, 0.15) is 5.41 Å². The number of carbonyl (C=O) groups is 1. The summed E-state index contributed by atoms with van der Waals surface area (Å²) in [7, 11) is 0. The Morgan fingerprint density at radius 2 is 2.00 bits per heavy atom. The van der Waals surface area contributed by atoms with E-state index in [1.54, 1.807) is 0 Å². The highest BCUT2D eigenvalue weighted by atomic mass is 16.5. The number of rotatable bonds is 2. The lowest BCUT2D eigenvalue weighted by molar-refractivity contribution is -0.127. The van der Waals surface area contributed by atoms with E-state index in [2.05, 4.69) is 11.4 Å².